The number of Topliss-reactive ketones (excluding diaryl/α,β-unsaturated/α-hetero) is 1. The molecule has 8 nitrogen and oxygen atoms in total. The first kappa shape index (κ1) is 40.9. The molecular weight excluding hydrogens is 665 g/mol. The molecule has 0 radical (unpaired) electrons. The number of rotatable bonds is 12. The highest BCUT2D eigenvalue weighted by Crippen LogP contribution is 2.77. The Kier molecular flexibility index (Phi) is 11.3. The van der Waals surface area contributed by atoms with Crippen molar-refractivity contribution in [3.8, 4) is 0 Å². The van der Waals surface area contributed by atoms with E-state index in [9.17, 15) is 24.6 Å². The van der Waals surface area contributed by atoms with Crippen LogP contribution in [-0.4, -0.2) is 77.8 Å². The Labute approximate surface area is 321 Å². The van der Waals surface area contributed by atoms with Gasteiger partial charge in [0.15, 0.2) is 5.78 Å². The van der Waals surface area contributed by atoms with Gasteiger partial charge in [-0.25, -0.2) is 0 Å². The predicted octanol–water partition coefficient (Wildman–Crippen LogP) is 8.21. The van der Waals surface area contributed by atoms with Gasteiger partial charge in [0, 0.05) is 23.8 Å². The number of allylic oxidation sites excluding steroid dienone is 1. The summed E-state index contributed by atoms with van der Waals surface area (Å²) in [5.41, 5.74) is 0.693. The lowest BCUT2D eigenvalue weighted by Crippen LogP contribution is -2.66. The van der Waals surface area contributed by atoms with Crippen LogP contribution in [0.1, 0.15) is 152 Å². The van der Waals surface area contributed by atoms with Crippen LogP contribution in [0.5, 0.6) is 0 Å². The molecule has 5 fully saturated rings. The van der Waals surface area contributed by atoms with Gasteiger partial charge in [-0.15, -0.1) is 0 Å². The minimum Gasteiger partial charge on any atom is -0.481 e. The van der Waals surface area contributed by atoms with E-state index < -0.39 is 28.9 Å². The summed E-state index contributed by atoms with van der Waals surface area (Å²) in [4.78, 5) is 41.5. The maximum absolute atomic E-state index is 14.1. The summed E-state index contributed by atoms with van der Waals surface area (Å²) in [5.74, 6) is 0.209. The molecule has 0 amide bonds. The summed E-state index contributed by atoms with van der Waals surface area (Å²) in [6.07, 6.45) is 12.6. The molecule has 9 atom stereocenters. The highest BCUT2D eigenvalue weighted by atomic mass is 16.5. The zero-order chi connectivity index (χ0) is 38.8. The molecule has 0 aromatic heterocycles. The van der Waals surface area contributed by atoms with Crippen LogP contribution in [0.3, 0.4) is 0 Å². The average molecular weight is 739 g/mol. The van der Waals surface area contributed by atoms with Crippen molar-refractivity contribution in [2.75, 3.05) is 32.7 Å². The van der Waals surface area contributed by atoms with Gasteiger partial charge in [0.05, 0.1) is 17.9 Å². The number of aliphatic hydroxyl groups is 1. The summed E-state index contributed by atoms with van der Waals surface area (Å²) in [6.45, 7) is 24.8. The fourth-order valence-electron chi connectivity index (χ4n) is 14.0. The molecule has 3 N–H and O–H groups in total. The first-order valence-electron chi connectivity index (χ1n) is 21.6. The quantitative estimate of drug-likeness (QED) is 0.136. The summed E-state index contributed by atoms with van der Waals surface area (Å²) in [7, 11) is 0. The number of piperidine rings is 1. The van der Waals surface area contributed by atoms with Crippen molar-refractivity contribution < 1.29 is 29.3 Å². The lowest BCUT2D eigenvalue weighted by atomic mass is 9.33. The van der Waals surface area contributed by atoms with Gasteiger partial charge in [-0.05, 0) is 156 Å². The fraction of sp³-hybridized carbons (Fsp3) is 0.889. The SMILES string of the molecule is CC(C)C1=C2C3CCC4C5(C)CCC(OC(=O)CC(C)(C)C(=O)O)C(C)(C)C5CCC4(C)C3(C)CCC2(C(O)CNCCCN2CCCCC2)CC1=O. The maximum Gasteiger partial charge on any atom is 0.309 e. The second-order valence-electron chi connectivity index (χ2n) is 21.0. The number of likely N-dealkylation sites (tertiary alicyclic amines) is 1. The van der Waals surface area contributed by atoms with E-state index in [0.717, 1.165) is 76.5 Å². The third-order valence-corrected chi connectivity index (χ3v) is 17.1. The molecule has 6 aliphatic rings. The number of hydrogen-bond acceptors (Lipinski definition) is 7. The Bertz CT molecular complexity index is 1450. The topological polar surface area (TPSA) is 116 Å². The number of fused-ring (bicyclic) bond motifs is 7. The number of hydrogen-bond donors (Lipinski definition) is 3. The first-order valence-corrected chi connectivity index (χ1v) is 21.6. The van der Waals surface area contributed by atoms with Gasteiger partial charge in [0.25, 0.3) is 0 Å². The number of carboxylic acid groups (broad SMARTS) is 1. The molecule has 0 spiro atoms. The molecule has 9 unspecified atom stereocenters. The molecule has 53 heavy (non-hydrogen) atoms. The van der Waals surface area contributed by atoms with E-state index in [4.69, 9.17) is 4.74 Å². The molecule has 1 heterocycles. The Morgan fingerprint density at radius 3 is 2.28 bits per heavy atom. The van der Waals surface area contributed by atoms with E-state index in [0.29, 0.717) is 24.8 Å². The Morgan fingerprint density at radius 1 is 0.925 bits per heavy atom. The van der Waals surface area contributed by atoms with Crippen LogP contribution >= 0.6 is 0 Å². The molecule has 1 saturated heterocycles. The van der Waals surface area contributed by atoms with Gasteiger partial charge in [-0.1, -0.05) is 60.5 Å². The number of nitrogens with zero attached hydrogens (tertiary/aromatic N) is 1. The van der Waals surface area contributed by atoms with E-state index in [1.807, 2.05) is 0 Å². The fourth-order valence-corrected chi connectivity index (χ4v) is 14.0. The van der Waals surface area contributed by atoms with Gasteiger partial charge in [-0.2, -0.15) is 0 Å². The highest BCUT2D eigenvalue weighted by Gasteiger charge is 2.70. The van der Waals surface area contributed by atoms with Crippen molar-refractivity contribution in [2.24, 2.45) is 56.2 Å². The molecule has 6 rings (SSSR count). The maximum atomic E-state index is 14.1. The number of ether oxygens (including phenoxy) is 1. The number of aliphatic hydroxyl groups excluding tert-OH is 1. The monoisotopic (exact) mass is 739 g/mol. The largest absolute Gasteiger partial charge is 0.481 e. The summed E-state index contributed by atoms with van der Waals surface area (Å²) >= 11 is 0. The van der Waals surface area contributed by atoms with Gasteiger partial charge < -0.3 is 25.2 Å². The zero-order valence-electron chi connectivity index (χ0n) is 34.9. The Morgan fingerprint density at radius 2 is 1.62 bits per heavy atom. The molecule has 4 saturated carbocycles. The minimum atomic E-state index is -1.16. The Balaban J connectivity index is 1.21. The average Bonchev–Trinajstić information content (AvgIpc) is 3.39. The molecular formula is C45H74N2O6. The van der Waals surface area contributed by atoms with Crippen LogP contribution < -0.4 is 5.32 Å². The number of carboxylic acids is 1. The van der Waals surface area contributed by atoms with Crippen molar-refractivity contribution >= 4 is 17.7 Å². The lowest BCUT2D eigenvalue weighted by molar-refractivity contribution is -0.235. The van der Waals surface area contributed by atoms with Crippen LogP contribution in [0.4, 0.5) is 0 Å². The van der Waals surface area contributed by atoms with Gasteiger partial charge in [-0.3, -0.25) is 14.4 Å². The van der Waals surface area contributed by atoms with Crippen molar-refractivity contribution in [3.05, 3.63) is 11.1 Å². The van der Waals surface area contributed by atoms with E-state index in [2.05, 4.69) is 58.7 Å². The molecule has 8 heteroatoms. The number of carbonyl (C=O) groups excluding carboxylic acids is 2. The van der Waals surface area contributed by atoms with E-state index in [-0.39, 0.29) is 51.8 Å². The predicted molar refractivity (Wildman–Crippen MR) is 209 cm³/mol. The van der Waals surface area contributed by atoms with Crippen molar-refractivity contribution in [1.29, 1.82) is 0 Å². The third kappa shape index (κ3) is 6.78. The molecule has 0 bridgehead atoms. The number of carbonyl (C=O) groups is 3. The number of aliphatic carboxylic acids is 1. The van der Waals surface area contributed by atoms with Crippen LogP contribution in [0.25, 0.3) is 0 Å². The standard InChI is InChI=1S/C45H74N2O6/c1-29(2)37-31(48)26-45(34(49)28-46-22-13-25-47-23-11-10-12-24-47)21-20-43(8)30(38(37)45)14-15-33-42(7)18-17-35(53-36(50)27-40(3,4)39(51)52)41(5,6)32(42)16-19-44(33,43)9/h29-30,32-35,46,49H,10-28H2,1-9H3,(H,51,52). The molecule has 0 aromatic rings. The van der Waals surface area contributed by atoms with Gasteiger partial charge >= 0.3 is 11.9 Å². The molecule has 5 aliphatic carbocycles. The van der Waals surface area contributed by atoms with E-state index >= 15 is 0 Å². The van der Waals surface area contributed by atoms with E-state index in [1.54, 1.807) is 13.8 Å². The number of nitrogens with one attached hydrogen (secondary N) is 1. The summed E-state index contributed by atoms with van der Waals surface area (Å²) in [6, 6.07) is 0. The van der Waals surface area contributed by atoms with E-state index in [1.165, 1.54) is 37.9 Å². The number of ketones is 1. The van der Waals surface area contributed by atoms with Crippen molar-refractivity contribution in [1.82, 2.24) is 10.2 Å². The highest BCUT2D eigenvalue weighted by molar-refractivity contribution is 6.00. The molecule has 1 aliphatic heterocycles. The normalized spacial score (nSPS) is 39.2. The minimum absolute atomic E-state index is 0.0188. The number of esters is 1. The molecule has 300 valence electrons. The second kappa shape index (κ2) is 14.6. The van der Waals surface area contributed by atoms with Gasteiger partial charge in [0.1, 0.15) is 6.10 Å². The zero-order valence-corrected chi connectivity index (χ0v) is 34.9. The van der Waals surface area contributed by atoms with Crippen LogP contribution in [-0.2, 0) is 19.1 Å². The lowest BCUT2D eigenvalue weighted by Gasteiger charge is -2.72. The Hall–Kier alpha value is -1.77. The van der Waals surface area contributed by atoms with Crippen LogP contribution in [0.2, 0.25) is 0 Å². The molecule has 0 aromatic carbocycles. The van der Waals surface area contributed by atoms with Gasteiger partial charge in [0.2, 0.25) is 0 Å². The van der Waals surface area contributed by atoms with Crippen LogP contribution in [0.15, 0.2) is 11.1 Å². The summed E-state index contributed by atoms with van der Waals surface area (Å²) < 4.78 is 6.18. The third-order valence-electron chi connectivity index (χ3n) is 17.1. The van der Waals surface area contributed by atoms with Crippen molar-refractivity contribution in [3.63, 3.8) is 0 Å². The first-order chi connectivity index (χ1) is 24.7. The van der Waals surface area contributed by atoms with Crippen molar-refractivity contribution in [2.45, 2.75) is 164 Å². The smallest absolute Gasteiger partial charge is 0.309 e. The summed E-state index contributed by atoms with van der Waals surface area (Å²) in [5, 5.41) is 25.4. The second-order valence-corrected chi connectivity index (χ2v) is 21.0. The van der Waals surface area contributed by atoms with Crippen LogP contribution in [0, 0.1) is 56.2 Å².